The number of unbranched alkanes of at least 4 members (excludes halogenated alkanes) is 1. The second-order valence-electron chi connectivity index (χ2n) is 4.62. The minimum absolute atomic E-state index is 0.0240. The van der Waals surface area contributed by atoms with Crippen molar-refractivity contribution in [3.05, 3.63) is 34.3 Å². The molecule has 0 spiro atoms. The van der Waals surface area contributed by atoms with E-state index >= 15 is 0 Å². The number of halogens is 1. The minimum atomic E-state index is -0.0240. The van der Waals surface area contributed by atoms with E-state index in [1.807, 2.05) is 0 Å². The molecule has 90 valence electrons. The Bertz CT molecular complexity index is 307. The molecule has 0 heterocycles. The van der Waals surface area contributed by atoms with Crippen LogP contribution in [0.2, 0.25) is 0 Å². The van der Waals surface area contributed by atoms with Gasteiger partial charge in [0.1, 0.15) is 0 Å². The van der Waals surface area contributed by atoms with Gasteiger partial charge in [-0.1, -0.05) is 54.8 Å². The van der Waals surface area contributed by atoms with Gasteiger partial charge in [-0.05, 0) is 37.0 Å². The Morgan fingerprint density at radius 3 is 2.31 bits per heavy atom. The van der Waals surface area contributed by atoms with E-state index < -0.39 is 0 Å². The van der Waals surface area contributed by atoms with Crippen molar-refractivity contribution in [1.29, 1.82) is 0 Å². The van der Waals surface area contributed by atoms with Crippen LogP contribution in [0.5, 0.6) is 0 Å². The largest absolute Gasteiger partial charge is 0.325 e. The maximum Gasteiger partial charge on any atom is 0.0192 e. The summed E-state index contributed by atoms with van der Waals surface area (Å²) in [5, 5.41) is 0. The molecule has 0 aliphatic heterocycles. The predicted molar refractivity (Wildman–Crippen MR) is 74.6 cm³/mol. The van der Waals surface area contributed by atoms with Crippen molar-refractivity contribution >= 4 is 15.9 Å². The van der Waals surface area contributed by atoms with Gasteiger partial charge in [-0.2, -0.15) is 0 Å². The zero-order chi connectivity index (χ0) is 12.0. The van der Waals surface area contributed by atoms with E-state index in [0.29, 0.717) is 0 Å². The van der Waals surface area contributed by atoms with Gasteiger partial charge in [0, 0.05) is 10.0 Å². The Hall–Kier alpha value is -0.340. The van der Waals surface area contributed by atoms with E-state index in [4.69, 9.17) is 5.73 Å². The summed E-state index contributed by atoms with van der Waals surface area (Å²) in [7, 11) is 0. The Morgan fingerprint density at radius 2 is 1.81 bits per heavy atom. The zero-order valence-electron chi connectivity index (χ0n) is 10.3. The van der Waals surface area contributed by atoms with Gasteiger partial charge in [-0.25, -0.2) is 0 Å². The number of rotatable bonds is 6. The van der Waals surface area contributed by atoms with Crippen molar-refractivity contribution < 1.29 is 0 Å². The summed E-state index contributed by atoms with van der Waals surface area (Å²) >= 11 is 3.45. The van der Waals surface area contributed by atoms with Crippen molar-refractivity contribution in [3.63, 3.8) is 0 Å². The molecule has 0 amide bonds. The van der Waals surface area contributed by atoms with Crippen LogP contribution < -0.4 is 5.73 Å². The monoisotopic (exact) mass is 283 g/mol. The van der Waals surface area contributed by atoms with Crippen molar-refractivity contribution in [2.45, 2.75) is 51.5 Å². The molecule has 0 bridgehead atoms. The van der Waals surface area contributed by atoms with Crippen LogP contribution in [-0.4, -0.2) is 5.54 Å². The molecule has 2 heteroatoms. The summed E-state index contributed by atoms with van der Waals surface area (Å²) in [6, 6.07) is 8.50. The highest BCUT2D eigenvalue weighted by Gasteiger charge is 2.22. The molecule has 1 rings (SSSR count). The molecule has 0 saturated carbocycles. The van der Waals surface area contributed by atoms with Crippen LogP contribution in [0.1, 0.15) is 45.1 Å². The molecule has 1 aromatic rings. The lowest BCUT2D eigenvalue weighted by atomic mass is 9.85. The maximum atomic E-state index is 6.44. The second-order valence-corrected chi connectivity index (χ2v) is 5.54. The molecule has 0 radical (unpaired) electrons. The first kappa shape index (κ1) is 13.7. The molecule has 16 heavy (non-hydrogen) atoms. The van der Waals surface area contributed by atoms with E-state index in [9.17, 15) is 0 Å². The topological polar surface area (TPSA) is 26.0 Å². The van der Waals surface area contributed by atoms with Crippen molar-refractivity contribution in [1.82, 2.24) is 0 Å². The number of hydrogen-bond donors (Lipinski definition) is 1. The van der Waals surface area contributed by atoms with E-state index in [-0.39, 0.29) is 5.54 Å². The lowest BCUT2D eigenvalue weighted by Crippen LogP contribution is -2.41. The quantitative estimate of drug-likeness (QED) is 0.828. The fourth-order valence-electron chi connectivity index (χ4n) is 1.93. The van der Waals surface area contributed by atoms with Crippen LogP contribution in [0, 0.1) is 0 Å². The highest BCUT2D eigenvalue weighted by molar-refractivity contribution is 9.10. The van der Waals surface area contributed by atoms with Gasteiger partial charge >= 0.3 is 0 Å². The first-order valence-corrected chi connectivity index (χ1v) is 6.92. The maximum absolute atomic E-state index is 6.44. The van der Waals surface area contributed by atoms with Crippen LogP contribution in [0.4, 0.5) is 0 Å². The zero-order valence-corrected chi connectivity index (χ0v) is 11.9. The summed E-state index contributed by atoms with van der Waals surface area (Å²) in [6.07, 6.45) is 5.59. The SMILES string of the molecule is CCCCC(N)(CC)Cc1ccc(Br)cc1. The first-order valence-electron chi connectivity index (χ1n) is 6.13. The Balaban J connectivity index is 2.64. The fraction of sp³-hybridized carbons (Fsp3) is 0.571. The molecule has 2 N–H and O–H groups in total. The molecule has 1 nitrogen and oxygen atoms in total. The van der Waals surface area contributed by atoms with E-state index in [1.54, 1.807) is 0 Å². The Kier molecular flexibility index (Phi) is 5.50. The van der Waals surface area contributed by atoms with Gasteiger partial charge in [-0.3, -0.25) is 0 Å². The summed E-state index contributed by atoms with van der Waals surface area (Å²) in [6.45, 7) is 4.41. The third-order valence-corrected chi connectivity index (χ3v) is 3.73. The third-order valence-electron chi connectivity index (χ3n) is 3.20. The smallest absolute Gasteiger partial charge is 0.0192 e. The fourth-order valence-corrected chi connectivity index (χ4v) is 2.19. The summed E-state index contributed by atoms with van der Waals surface area (Å²) < 4.78 is 1.13. The molecule has 0 saturated heterocycles. The molecule has 0 fully saturated rings. The molecule has 1 atom stereocenters. The van der Waals surface area contributed by atoms with E-state index in [0.717, 1.165) is 23.7 Å². The minimum Gasteiger partial charge on any atom is -0.325 e. The first-order chi connectivity index (χ1) is 7.59. The second kappa shape index (κ2) is 6.41. The molecular formula is C14H22BrN. The Morgan fingerprint density at radius 1 is 1.19 bits per heavy atom. The third kappa shape index (κ3) is 4.26. The van der Waals surface area contributed by atoms with E-state index in [1.165, 1.54) is 18.4 Å². The molecule has 0 aromatic heterocycles. The normalized spacial score (nSPS) is 14.8. The van der Waals surface area contributed by atoms with Crippen LogP contribution in [0.15, 0.2) is 28.7 Å². The summed E-state index contributed by atoms with van der Waals surface area (Å²) in [5.74, 6) is 0. The van der Waals surface area contributed by atoms with Crippen molar-refractivity contribution in [2.75, 3.05) is 0 Å². The van der Waals surface area contributed by atoms with Gasteiger partial charge < -0.3 is 5.73 Å². The number of benzene rings is 1. The average Bonchev–Trinajstić information content (AvgIpc) is 2.30. The summed E-state index contributed by atoms with van der Waals surface area (Å²) in [5.41, 5.74) is 7.75. The molecule has 1 aromatic carbocycles. The number of hydrogen-bond acceptors (Lipinski definition) is 1. The number of nitrogens with two attached hydrogens (primary N) is 1. The van der Waals surface area contributed by atoms with Crippen LogP contribution in [-0.2, 0) is 6.42 Å². The standard InChI is InChI=1S/C14H22BrN/c1-3-5-10-14(16,4-2)11-12-6-8-13(15)9-7-12/h6-9H,3-5,10-11,16H2,1-2H3. The molecule has 1 unspecified atom stereocenters. The van der Waals surface area contributed by atoms with Gasteiger partial charge in [0.15, 0.2) is 0 Å². The average molecular weight is 284 g/mol. The lowest BCUT2D eigenvalue weighted by Gasteiger charge is -2.28. The van der Waals surface area contributed by atoms with Crippen LogP contribution in [0.3, 0.4) is 0 Å². The van der Waals surface area contributed by atoms with Gasteiger partial charge in [0.2, 0.25) is 0 Å². The summed E-state index contributed by atoms with van der Waals surface area (Å²) in [4.78, 5) is 0. The lowest BCUT2D eigenvalue weighted by molar-refractivity contribution is 0.365. The van der Waals surface area contributed by atoms with Gasteiger partial charge in [-0.15, -0.1) is 0 Å². The molecular weight excluding hydrogens is 262 g/mol. The van der Waals surface area contributed by atoms with Crippen molar-refractivity contribution in [2.24, 2.45) is 5.73 Å². The van der Waals surface area contributed by atoms with Crippen LogP contribution in [0.25, 0.3) is 0 Å². The van der Waals surface area contributed by atoms with Gasteiger partial charge in [0.05, 0.1) is 0 Å². The Labute approximate surface area is 108 Å². The predicted octanol–water partition coefficient (Wildman–Crippen LogP) is 4.29. The van der Waals surface area contributed by atoms with Crippen LogP contribution >= 0.6 is 15.9 Å². The highest BCUT2D eigenvalue weighted by Crippen LogP contribution is 2.22. The molecule has 0 aliphatic rings. The van der Waals surface area contributed by atoms with Crippen molar-refractivity contribution in [3.8, 4) is 0 Å². The molecule has 0 aliphatic carbocycles. The highest BCUT2D eigenvalue weighted by atomic mass is 79.9. The van der Waals surface area contributed by atoms with Gasteiger partial charge in [0.25, 0.3) is 0 Å². The van der Waals surface area contributed by atoms with E-state index in [2.05, 4.69) is 54.0 Å².